The normalized spacial score (nSPS) is 12.8. The SMILES string of the molecule is CC#Cc1cccc([C@@H](O)CCC(C)(C)C)n1. The highest BCUT2D eigenvalue weighted by Gasteiger charge is 2.15. The summed E-state index contributed by atoms with van der Waals surface area (Å²) in [6.45, 7) is 8.30. The molecule has 0 aromatic carbocycles. The third kappa shape index (κ3) is 5.01. The van der Waals surface area contributed by atoms with E-state index in [4.69, 9.17) is 0 Å². The average Bonchev–Trinajstić information content (AvgIpc) is 2.26. The van der Waals surface area contributed by atoms with E-state index in [9.17, 15) is 5.11 Å². The highest BCUT2D eigenvalue weighted by molar-refractivity contribution is 5.28. The molecular weight excluding hydrogens is 210 g/mol. The molecule has 0 radical (unpaired) electrons. The van der Waals surface area contributed by atoms with E-state index in [0.29, 0.717) is 0 Å². The quantitative estimate of drug-likeness (QED) is 0.810. The molecule has 1 heterocycles. The molecule has 1 atom stereocenters. The van der Waals surface area contributed by atoms with Crippen LogP contribution < -0.4 is 0 Å². The summed E-state index contributed by atoms with van der Waals surface area (Å²) in [5.74, 6) is 5.72. The lowest BCUT2D eigenvalue weighted by Crippen LogP contribution is -2.09. The van der Waals surface area contributed by atoms with E-state index in [-0.39, 0.29) is 5.41 Å². The summed E-state index contributed by atoms with van der Waals surface area (Å²) >= 11 is 0. The molecule has 0 aliphatic rings. The van der Waals surface area contributed by atoms with Crippen molar-refractivity contribution in [3.63, 3.8) is 0 Å². The number of aromatic nitrogens is 1. The molecule has 1 N–H and O–H groups in total. The number of hydrogen-bond donors (Lipinski definition) is 1. The lowest BCUT2D eigenvalue weighted by Gasteiger charge is -2.20. The predicted molar refractivity (Wildman–Crippen MR) is 70.4 cm³/mol. The fraction of sp³-hybridized carbons (Fsp3) is 0.533. The Morgan fingerprint density at radius 3 is 2.65 bits per heavy atom. The summed E-state index contributed by atoms with van der Waals surface area (Å²) in [7, 11) is 0. The van der Waals surface area contributed by atoms with Crippen molar-refractivity contribution in [2.45, 2.75) is 46.6 Å². The molecule has 2 nitrogen and oxygen atoms in total. The summed E-state index contributed by atoms with van der Waals surface area (Å²) in [6, 6.07) is 5.60. The van der Waals surface area contributed by atoms with Crippen LogP contribution in [0.1, 0.15) is 58.0 Å². The molecule has 1 aromatic heterocycles. The van der Waals surface area contributed by atoms with E-state index in [0.717, 1.165) is 24.2 Å². The van der Waals surface area contributed by atoms with Crippen LogP contribution in [0.5, 0.6) is 0 Å². The van der Waals surface area contributed by atoms with Gasteiger partial charge in [-0.05, 0) is 43.2 Å². The van der Waals surface area contributed by atoms with Gasteiger partial charge in [-0.1, -0.05) is 32.8 Å². The minimum atomic E-state index is -0.493. The van der Waals surface area contributed by atoms with E-state index in [2.05, 4.69) is 37.6 Å². The predicted octanol–water partition coefficient (Wildman–Crippen LogP) is 3.31. The summed E-state index contributed by atoms with van der Waals surface area (Å²) in [4.78, 5) is 4.34. The van der Waals surface area contributed by atoms with Crippen molar-refractivity contribution in [2.24, 2.45) is 5.41 Å². The summed E-state index contributed by atoms with van der Waals surface area (Å²) < 4.78 is 0. The van der Waals surface area contributed by atoms with Gasteiger partial charge in [0.05, 0.1) is 11.8 Å². The number of rotatable bonds is 3. The minimum absolute atomic E-state index is 0.238. The van der Waals surface area contributed by atoms with Crippen molar-refractivity contribution in [1.29, 1.82) is 0 Å². The van der Waals surface area contributed by atoms with E-state index in [1.165, 1.54) is 0 Å². The van der Waals surface area contributed by atoms with Gasteiger partial charge < -0.3 is 5.11 Å². The van der Waals surface area contributed by atoms with Crippen LogP contribution in [0.15, 0.2) is 18.2 Å². The Morgan fingerprint density at radius 2 is 2.06 bits per heavy atom. The Balaban J connectivity index is 2.71. The molecular formula is C15H21NO. The topological polar surface area (TPSA) is 33.1 Å². The maximum Gasteiger partial charge on any atom is 0.113 e. The van der Waals surface area contributed by atoms with Crippen molar-refractivity contribution in [3.05, 3.63) is 29.6 Å². The van der Waals surface area contributed by atoms with Crippen molar-refractivity contribution >= 4 is 0 Å². The van der Waals surface area contributed by atoms with Crippen LogP contribution in [0.3, 0.4) is 0 Å². The molecule has 0 fully saturated rings. The van der Waals surface area contributed by atoms with Gasteiger partial charge in [-0.15, -0.1) is 0 Å². The zero-order valence-electron chi connectivity index (χ0n) is 11.1. The molecule has 1 rings (SSSR count). The Labute approximate surface area is 104 Å². The van der Waals surface area contributed by atoms with E-state index in [1.54, 1.807) is 6.92 Å². The second-order valence-corrected chi connectivity index (χ2v) is 5.44. The smallest absolute Gasteiger partial charge is 0.113 e. The highest BCUT2D eigenvalue weighted by atomic mass is 16.3. The van der Waals surface area contributed by atoms with Gasteiger partial charge in [0.2, 0.25) is 0 Å². The maximum absolute atomic E-state index is 10.1. The van der Waals surface area contributed by atoms with E-state index in [1.807, 2.05) is 18.2 Å². The lowest BCUT2D eigenvalue weighted by molar-refractivity contribution is 0.143. The van der Waals surface area contributed by atoms with Gasteiger partial charge >= 0.3 is 0 Å². The van der Waals surface area contributed by atoms with Gasteiger partial charge in [0.25, 0.3) is 0 Å². The number of aliphatic hydroxyl groups is 1. The molecule has 1 aromatic rings. The Kier molecular flexibility index (Phi) is 4.72. The van der Waals surface area contributed by atoms with Crippen LogP contribution in [-0.2, 0) is 0 Å². The van der Waals surface area contributed by atoms with E-state index >= 15 is 0 Å². The molecule has 0 saturated carbocycles. The largest absolute Gasteiger partial charge is 0.387 e. The molecule has 0 bridgehead atoms. The Bertz CT molecular complexity index is 421. The van der Waals surface area contributed by atoms with Gasteiger partial charge in [-0.3, -0.25) is 0 Å². The van der Waals surface area contributed by atoms with Crippen molar-refractivity contribution in [2.75, 3.05) is 0 Å². The van der Waals surface area contributed by atoms with Gasteiger partial charge in [0.15, 0.2) is 0 Å². The van der Waals surface area contributed by atoms with Crippen LogP contribution in [-0.4, -0.2) is 10.1 Å². The van der Waals surface area contributed by atoms with Crippen LogP contribution in [0.4, 0.5) is 0 Å². The Morgan fingerprint density at radius 1 is 1.35 bits per heavy atom. The number of nitrogens with zero attached hydrogens (tertiary/aromatic N) is 1. The summed E-state index contributed by atoms with van der Waals surface area (Å²) in [5, 5.41) is 10.1. The fourth-order valence-electron chi connectivity index (χ4n) is 1.55. The number of aliphatic hydroxyl groups excluding tert-OH is 1. The lowest BCUT2D eigenvalue weighted by atomic mass is 9.89. The maximum atomic E-state index is 10.1. The highest BCUT2D eigenvalue weighted by Crippen LogP contribution is 2.26. The standard InChI is InChI=1S/C15H21NO/c1-5-7-12-8-6-9-13(16-12)14(17)10-11-15(2,3)4/h6,8-9,14,17H,10-11H2,1-4H3/t14-/m0/s1. The van der Waals surface area contributed by atoms with Crippen LogP contribution in [0.25, 0.3) is 0 Å². The second-order valence-electron chi connectivity index (χ2n) is 5.44. The zero-order chi connectivity index (χ0) is 12.9. The van der Waals surface area contributed by atoms with Gasteiger partial charge in [-0.2, -0.15) is 0 Å². The van der Waals surface area contributed by atoms with Crippen molar-refractivity contribution in [1.82, 2.24) is 4.98 Å². The van der Waals surface area contributed by atoms with Crippen LogP contribution in [0, 0.1) is 17.3 Å². The Hall–Kier alpha value is -1.33. The van der Waals surface area contributed by atoms with E-state index < -0.39 is 6.10 Å². The molecule has 0 spiro atoms. The van der Waals surface area contributed by atoms with Crippen LogP contribution in [0.2, 0.25) is 0 Å². The van der Waals surface area contributed by atoms with Gasteiger partial charge in [0, 0.05) is 0 Å². The van der Waals surface area contributed by atoms with Gasteiger partial charge in [0.1, 0.15) is 5.69 Å². The summed E-state index contributed by atoms with van der Waals surface area (Å²) in [5.41, 5.74) is 1.68. The first-order chi connectivity index (χ1) is 7.92. The van der Waals surface area contributed by atoms with Crippen molar-refractivity contribution in [3.8, 4) is 11.8 Å². The van der Waals surface area contributed by atoms with Crippen molar-refractivity contribution < 1.29 is 5.11 Å². The third-order valence-electron chi connectivity index (χ3n) is 2.53. The first-order valence-corrected chi connectivity index (χ1v) is 6.00. The molecule has 0 unspecified atom stereocenters. The van der Waals surface area contributed by atoms with Gasteiger partial charge in [-0.25, -0.2) is 4.98 Å². The monoisotopic (exact) mass is 231 g/mol. The van der Waals surface area contributed by atoms with Crippen LogP contribution >= 0.6 is 0 Å². The molecule has 0 aliphatic heterocycles. The summed E-state index contributed by atoms with van der Waals surface area (Å²) in [6.07, 6.45) is 1.21. The molecule has 0 amide bonds. The molecule has 0 aliphatic carbocycles. The number of pyridine rings is 1. The molecule has 2 heteroatoms. The fourth-order valence-corrected chi connectivity index (χ4v) is 1.55. The minimum Gasteiger partial charge on any atom is -0.387 e. The number of hydrogen-bond acceptors (Lipinski definition) is 2. The molecule has 17 heavy (non-hydrogen) atoms. The second kappa shape index (κ2) is 5.84. The first kappa shape index (κ1) is 13.7. The zero-order valence-corrected chi connectivity index (χ0v) is 11.1. The molecule has 0 saturated heterocycles. The third-order valence-corrected chi connectivity index (χ3v) is 2.53. The first-order valence-electron chi connectivity index (χ1n) is 6.00. The average molecular weight is 231 g/mol. The molecule has 92 valence electrons.